The van der Waals surface area contributed by atoms with Gasteiger partial charge in [-0.25, -0.2) is 0 Å². The molecule has 2 nitrogen and oxygen atoms in total. The molecule has 0 fully saturated rings. The Morgan fingerprint density at radius 3 is 2.10 bits per heavy atom. The molecule has 0 saturated carbocycles. The van der Waals surface area contributed by atoms with Gasteiger partial charge in [-0.15, -0.1) is 0 Å². The molecule has 0 atom stereocenters. The van der Waals surface area contributed by atoms with Crippen LogP contribution in [0.4, 0.5) is 0 Å². The van der Waals surface area contributed by atoms with Gasteiger partial charge in [0.2, 0.25) is 0 Å². The number of hydrogen-bond donors (Lipinski definition) is 1. The summed E-state index contributed by atoms with van der Waals surface area (Å²) in [6, 6.07) is 12.9. The van der Waals surface area contributed by atoms with Crippen LogP contribution in [0, 0.1) is 0 Å². The van der Waals surface area contributed by atoms with Crippen LogP contribution < -0.4 is 5.73 Å². The summed E-state index contributed by atoms with van der Waals surface area (Å²) < 4.78 is 0. The Bertz CT molecular complexity index is 605. The van der Waals surface area contributed by atoms with Crippen molar-refractivity contribution in [1.29, 1.82) is 0 Å². The van der Waals surface area contributed by atoms with E-state index in [1.165, 1.54) is 0 Å². The van der Waals surface area contributed by atoms with Gasteiger partial charge in [-0.05, 0) is 28.8 Å². The molecule has 2 aromatic carbocycles. The molecular weight excluding hydrogens is 293 g/mol. The molecule has 4 heteroatoms. The molecule has 0 aromatic heterocycles. The zero-order valence-electron chi connectivity index (χ0n) is 10.9. The van der Waals surface area contributed by atoms with Crippen molar-refractivity contribution in [2.75, 3.05) is 0 Å². The summed E-state index contributed by atoms with van der Waals surface area (Å²) >= 11 is 12.2. The monoisotopic (exact) mass is 307 g/mol. The number of nitrogens with two attached hydrogens (primary N) is 1. The maximum Gasteiger partial charge on any atom is 0.141 e. The molecule has 2 N–H and O–H groups in total. The molecule has 0 radical (unpaired) electrons. The predicted octanol–water partition coefficient (Wildman–Crippen LogP) is 3.81. The second-order valence-corrected chi connectivity index (χ2v) is 5.38. The van der Waals surface area contributed by atoms with E-state index in [4.69, 9.17) is 28.9 Å². The third-order valence-corrected chi connectivity index (χ3v) is 3.87. The summed E-state index contributed by atoms with van der Waals surface area (Å²) in [5, 5.41) is 1.05. The molecule has 0 spiro atoms. The summed E-state index contributed by atoms with van der Waals surface area (Å²) in [6.45, 7) is 0.427. The topological polar surface area (TPSA) is 43.1 Å². The molecule has 104 valence electrons. The minimum Gasteiger partial charge on any atom is -0.326 e. The fourth-order valence-electron chi connectivity index (χ4n) is 2.10. The van der Waals surface area contributed by atoms with Crippen molar-refractivity contribution in [3.8, 4) is 0 Å². The lowest BCUT2D eigenvalue weighted by Crippen LogP contribution is -2.10. The second kappa shape index (κ2) is 6.89. The molecular formula is C16H15Cl2NO. The summed E-state index contributed by atoms with van der Waals surface area (Å²) in [4.78, 5) is 12.2. The molecule has 2 aromatic rings. The maximum absolute atomic E-state index is 12.2. The van der Waals surface area contributed by atoms with Gasteiger partial charge in [0, 0.05) is 29.4 Å². The highest BCUT2D eigenvalue weighted by Gasteiger charge is 2.12. The number of benzene rings is 2. The van der Waals surface area contributed by atoms with E-state index in [0.717, 1.165) is 11.1 Å². The van der Waals surface area contributed by atoms with Crippen molar-refractivity contribution in [1.82, 2.24) is 0 Å². The van der Waals surface area contributed by atoms with Crippen molar-refractivity contribution in [3.05, 3.63) is 69.2 Å². The van der Waals surface area contributed by atoms with Gasteiger partial charge in [0.1, 0.15) is 5.78 Å². The van der Waals surface area contributed by atoms with Crippen molar-refractivity contribution in [2.24, 2.45) is 5.73 Å². The average molecular weight is 308 g/mol. The Labute approximate surface area is 128 Å². The van der Waals surface area contributed by atoms with Crippen LogP contribution in [-0.4, -0.2) is 5.78 Å². The number of hydrogen-bond acceptors (Lipinski definition) is 2. The predicted molar refractivity (Wildman–Crippen MR) is 83.2 cm³/mol. The van der Waals surface area contributed by atoms with E-state index in [1.54, 1.807) is 18.2 Å². The van der Waals surface area contributed by atoms with Gasteiger partial charge in [-0.3, -0.25) is 4.79 Å². The van der Waals surface area contributed by atoms with Crippen LogP contribution in [0.1, 0.15) is 16.7 Å². The maximum atomic E-state index is 12.2. The van der Waals surface area contributed by atoms with E-state index in [1.807, 2.05) is 24.3 Å². The van der Waals surface area contributed by atoms with Crippen LogP contribution in [0.2, 0.25) is 10.0 Å². The largest absolute Gasteiger partial charge is 0.326 e. The first-order valence-corrected chi connectivity index (χ1v) is 7.09. The highest BCUT2D eigenvalue weighted by Crippen LogP contribution is 2.25. The Hall–Kier alpha value is -1.35. The van der Waals surface area contributed by atoms with Crippen LogP contribution in [0.15, 0.2) is 42.5 Å². The molecule has 0 saturated heterocycles. The van der Waals surface area contributed by atoms with Gasteiger partial charge >= 0.3 is 0 Å². The number of carbonyl (C=O) groups excluding carboxylic acids is 1. The fraction of sp³-hybridized carbons (Fsp3) is 0.188. The molecule has 20 heavy (non-hydrogen) atoms. The molecule has 2 rings (SSSR count). The fourth-order valence-corrected chi connectivity index (χ4v) is 2.63. The normalized spacial score (nSPS) is 10.6. The van der Waals surface area contributed by atoms with Crippen LogP contribution >= 0.6 is 23.2 Å². The van der Waals surface area contributed by atoms with E-state index < -0.39 is 0 Å². The lowest BCUT2D eigenvalue weighted by molar-refractivity contribution is -0.117. The SMILES string of the molecule is NCc1ccccc1CC(=O)Cc1c(Cl)cccc1Cl. The quantitative estimate of drug-likeness (QED) is 0.913. The third-order valence-electron chi connectivity index (χ3n) is 3.16. The zero-order chi connectivity index (χ0) is 14.5. The number of halogens is 2. The smallest absolute Gasteiger partial charge is 0.141 e. The van der Waals surface area contributed by atoms with Gasteiger partial charge in [0.05, 0.1) is 0 Å². The summed E-state index contributed by atoms with van der Waals surface area (Å²) in [5.74, 6) is 0.0703. The lowest BCUT2D eigenvalue weighted by atomic mass is 9.99. The molecule has 0 unspecified atom stereocenters. The highest BCUT2D eigenvalue weighted by molar-refractivity contribution is 6.36. The Kier molecular flexibility index (Phi) is 5.18. The highest BCUT2D eigenvalue weighted by atomic mass is 35.5. The number of Topliss-reactive ketones (excluding diaryl/α,β-unsaturated/α-hetero) is 1. The van der Waals surface area contributed by atoms with Crippen LogP contribution in [-0.2, 0) is 24.2 Å². The first kappa shape index (κ1) is 15.0. The number of carbonyl (C=O) groups is 1. The van der Waals surface area contributed by atoms with Gasteiger partial charge in [0.25, 0.3) is 0 Å². The van der Waals surface area contributed by atoms with Crippen molar-refractivity contribution < 1.29 is 4.79 Å². The Morgan fingerprint density at radius 2 is 1.50 bits per heavy atom. The van der Waals surface area contributed by atoms with Crippen molar-refractivity contribution in [3.63, 3.8) is 0 Å². The first-order chi connectivity index (χ1) is 9.61. The molecule has 0 amide bonds. The molecule has 0 bridgehead atoms. The number of rotatable bonds is 5. The van der Waals surface area contributed by atoms with E-state index in [9.17, 15) is 4.79 Å². The lowest BCUT2D eigenvalue weighted by Gasteiger charge is -2.09. The minimum atomic E-state index is 0.0703. The summed E-state index contributed by atoms with van der Waals surface area (Å²) in [6.07, 6.45) is 0.576. The molecule has 0 aliphatic carbocycles. The van der Waals surface area contributed by atoms with Gasteiger partial charge < -0.3 is 5.73 Å². The molecule has 0 heterocycles. The second-order valence-electron chi connectivity index (χ2n) is 4.57. The Morgan fingerprint density at radius 1 is 0.900 bits per heavy atom. The standard InChI is InChI=1S/C16H15Cl2NO/c17-15-6-3-7-16(18)14(15)9-13(20)8-11-4-1-2-5-12(11)10-19/h1-7H,8-10,19H2. The molecule has 0 aliphatic heterocycles. The van der Waals surface area contributed by atoms with Gasteiger partial charge in [-0.1, -0.05) is 53.5 Å². The molecule has 0 aliphatic rings. The van der Waals surface area contributed by atoms with Gasteiger partial charge in [-0.2, -0.15) is 0 Å². The van der Waals surface area contributed by atoms with E-state index in [0.29, 0.717) is 28.6 Å². The van der Waals surface area contributed by atoms with E-state index >= 15 is 0 Å². The summed E-state index contributed by atoms with van der Waals surface area (Å²) in [5.41, 5.74) is 8.31. The van der Waals surface area contributed by atoms with Crippen LogP contribution in [0.5, 0.6) is 0 Å². The third kappa shape index (κ3) is 3.60. The number of ketones is 1. The van der Waals surface area contributed by atoms with Crippen LogP contribution in [0.25, 0.3) is 0 Å². The van der Waals surface area contributed by atoms with Crippen molar-refractivity contribution >= 4 is 29.0 Å². The first-order valence-electron chi connectivity index (χ1n) is 6.33. The van der Waals surface area contributed by atoms with E-state index in [2.05, 4.69) is 0 Å². The van der Waals surface area contributed by atoms with Crippen LogP contribution in [0.3, 0.4) is 0 Å². The van der Waals surface area contributed by atoms with E-state index in [-0.39, 0.29) is 12.2 Å². The minimum absolute atomic E-state index is 0.0703. The Balaban J connectivity index is 2.13. The van der Waals surface area contributed by atoms with Crippen molar-refractivity contribution in [2.45, 2.75) is 19.4 Å². The zero-order valence-corrected chi connectivity index (χ0v) is 12.4. The van der Waals surface area contributed by atoms with Gasteiger partial charge in [0.15, 0.2) is 0 Å². The summed E-state index contributed by atoms with van der Waals surface area (Å²) in [7, 11) is 0. The average Bonchev–Trinajstić information content (AvgIpc) is 2.44.